The van der Waals surface area contributed by atoms with E-state index in [9.17, 15) is 24.9 Å². The maximum atomic E-state index is 13.9. The van der Waals surface area contributed by atoms with Crippen LogP contribution in [0.4, 0.5) is 0 Å². The predicted octanol–water partition coefficient (Wildman–Crippen LogP) is 2.57. The Morgan fingerprint density at radius 1 is 1.14 bits per heavy atom. The standard InChI is InChI=1S/C27H34O7.Ac/c1-15-17-12-19(29)25(4)11-10-20-26(31,14-33-20)21(25)22(27(32,13-18(15)28)24(17,2)3)34-23(30)16-8-6-5-7-9-16;/h5-9,18,20-22,28,31-32H,10-14H2,1-4H3;/t18?,20?,21?,22?,25-,26?,27?;/m0./s1. The second-order valence-electron chi connectivity index (χ2n) is 11.4. The fourth-order valence-electron chi connectivity index (χ4n) is 7.09. The molecule has 1 aliphatic heterocycles. The van der Waals surface area contributed by atoms with Gasteiger partial charge in [0.05, 0.1) is 24.4 Å². The number of carbonyl (C=O) groups excluding carboxylic acids is 2. The molecule has 187 valence electrons. The zero-order valence-corrected chi connectivity index (χ0v) is 25.5. The van der Waals surface area contributed by atoms with Crippen LogP contribution in [0.15, 0.2) is 41.5 Å². The molecule has 1 heterocycles. The Kier molecular flexibility index (Phi) is 7.05. The Labute approximate surface area is 241 Å². The molecule has 6 unspecified atom stereocenters. The van der Waals surface area contributed by atoms with Gasteiger partial charge in [0.2, 0.25) is 0 Å². The number of aliphatic hydroxyl groups excluding tert-OH is 1. The molecular weight excluding hydrogens is 663 g/mol. The number of aliphatic hydroxyl groups is 3. The van der Waals surface area contributed by atoms with Crippen LogP contribution in [0, 0.1) is 60.8 Å². The maximum absolute atomic E-state index is 13.9. The number of benzene rings is 1. The Hall–Kier alpha value is -0.618. The van der Waals surface area contributed by atoms with E-state index in [0.29, 0.717) is 29.6 Å². The fraction of sp³-hybridized carbons (Fsp3) is 0.630. The smallest absolute Gasteiger partial charge is 0.338 e. The van der Waals surface area contributed by atoms with Crippen molar-refractivity contribution in [1.29, 1.82) is 0 Å². The average Bonchev–Trinajstić information content (AvgIpc) is 2.78. The SMILES string of the molecule is CC1=C2CC(=O)[C@]3(C)CCC4OCC4(O)C3C(OC(=O)c3ccccc3)C(O)(CC1O)C2(C)C.[Ac]. The Balaban J connectivity index is 0.00000289. The van der Waals surface area contributed by atoms with Crippen molar-refractivity contribution in [2.45, 2.75) is 82.9 Å². The largest absolute Gasteiger partial charge is 0.455 e. The van der Waals surface area contributed by atoms with Gasteiger partial charge in [0, 0.05) is 73.7 Å². The fourth-order valence-corrected chi connectivity index (χ4v) is 7.09. The van der Waals surface area contributed by atoms with E-state index in [4.69, 9.17) is 9.47 Å². The summed E-state index contributed by atoms with van der Waals surface area (Å²) in [4.78, 5) is 27.2. The van der Waals surface area contributed by atoms with Gasteiger partial charge >= 0.3 is 5.97 Å². The molecule has 2 bridgehead atoms. The first-order valence-corrected chi connectivity index (χ1v) is 12.1. The van der Waals surface area contributed by atoms with Crippen molar-refractivity contribution in [1.82, 2.24) is 0 Å². The third kappa shape index (κ3) is 3.77. The summed E-state index contributed by atoms with van der Waals surface area (Å²) < 4.78 is 11.8. The molecule has 5 rings (SSSR count). The van der Waals surface area contributed by atoms with Gasteiger partial charge in [-0.2, -0.15) is 0 Å². The van der Waals surface area contributed by atoms with Crippen molar-refractivity contribution in [2.75, 3.05) is 6.61 Å². The summed E-state index contributed by atoms with van der Waals surface area (Å²) in [6.07, 6.45) is -1.75. The van der Waals surface area contributed by atoms with Gasteiger partial charge in [0.25, 0.3) is 0 Å². The van der Waals surface area contributed by atoms with Crippen LogP contribution in [-0.4, -0.2) is 63.2 Å². The number of Topliss-reactive ketones (excluding diaryl/α,β-unsaturated/α-hetero) is 1. The van der Waals surface area contributed by atoms with E-state index in [1.807, 2.05) is 20.8 Å². The van der Waals surface area contributed by atoms with Crippen molar-refractivity contribution in [2.24, 2.45) is 16.7 Å². The third-order valence-corrected chi connectivity index (χ3v) is 9.53. The zero-order valence-electron chi connectivity index (χ0n) is 20.8. The summed E-state index contributed by atoms with van der Waals surface area (Å²) in [6.45, 7) is 7.29. The first-order valence-electron chi connectivity index (χ1n) is 12.1. The van der Waals surface area contributed by atoms with E-state index in [-0.39, 0.29) is 69.3 Å². The van der Waals surface area contributed by atoms with E-state index in [2.05, 4.69) is 0 Å². The third-order valence-electron chi connectivity index (χ3n) is 9.53. The summed E-state index contributed by atoms with van der Waals surface area (Å²) >= 11 is 0. The molecule has 7 atom stereocenters. The number of ketones is 1. The molecule has 1 aromatic carbocycles. The Bertz CT molecular complexity index is 1070. The number of ether oxygens (including phenoxy) is 2. The van der Waals surface area contributed by atoms with Gasteiger partial charge in [-0.15, -0.1) is 0 Å². The number of fused-ring (bicyclic) bond motifs is 5. The molecule has 7 nitrogen and oxygen atoms in total. The molecule has 2 saturated carbocycles. The van der Waals surface area contributed by atoms with E-state index in [0.717, 1.165) is 0 Å². The number of esters is 1. The summed E-state index contributed by atoms with van der Waals surface area (Å²) in [5, 5.41) is 35.2. The van der Waals surface area contributed by atoms with Crippen LogP contribution < -0.4 is 0 Å². The van der Waals surface area contributed by atoms with Gasteiger partial charge in [-0.25, -0.2) is 4.79 Å². The number of carbonyl (C=O) groups is 2. The molecule has 0 aromatic heterocycles. The molecule has 3 aliphatic carbocycles. The second-order valence-corrected chi connectivity index (χ2v) is 11.4. The van der Waals surface area contributed by atoms with Crippen molar-refractivity contribution in [3.05, 3.63) is 47.0 Å². The molecule has 35 heavy (non-hydrogen) atoms. The molecular formula is C27H34AcO7. The van der Waals surface area contributed by atoms with Crippen LogP contribution in [0.3, 0.4) is 0 Å². The van der Waals surface area contributed by atoms with Gasteiger partial charge in [-0.05, 0) is 37.5 Å². The second kappa shape index (κ2) is 8.99. The van der Waals surface area contributed by atoms with Crippen LogP contribution in [0.2, 0.25) is 0 Å². The van der Waals surface area contributed by atoms with Crippen molar-refractivity contribution >= 4 is 11.8 Å². The minimum absolute atomic E-state index is 0. The van der Waals surface area contributed by atoms with E-state index >= 15 is 0 Å². The van der Waals surface area contributed by atoms with Gasteiger partial charge in [0.15, 0.2) is 0 Å². The van der Waals surface area contributed by atoms with Crippen LogP contribution in [-0.2, 0) is 14.3 Å². The zero-order chi connectivity index (χ0) is 24.7. The molecule has 1 aromatic rings. The van der Waals surface area contributed by atoms with E-state index in [1.54, 1.807) is 37.3 Å². The molecule has 3 N–H and O–H groups in total. The summed E-state index contributed by atoms with van der Waals surface area (Å²) in [5.41, 5.74) is -3.49. The molecule has 0 amide bonds. The topological polar surface area (TPSA) is 113 Å². The van der Waals surface area contributed by atoms with Gasteiger partial charge in [-0.1, -0.05) is 44.5 Å². The van der Waals surface area contributed by atoms with Crippen molar-refractivity contribution in [3.63, 3.8) is 0 Å². The minimum atomic E-state index is -1.72. The van der Waals surface area contributed by atoms with Gasteiger partial charge < -0.3 is 24.8 Å². The van der Waals surface area contributed by atoms with Crippen LogP contribution in [0.5, 0.6) is 0 Å². The molecule has 3 fully saturated rings. The Morgan fingerprint density at radius 2 is 1.80 bits per heavy atom. The normalized spacial score (nSPS) is 41.9. The molecule has 1 radical (unpaired) electrons. The molecule has 0 spiro atoms. The van der Waals surface area contributed by atoms with E-state index < -0.39 is 52.2 Å². The number of rotatable bonds is 2. The average molecular weight is 698 g/mol. The molecule has 1 saturated heterocycles. The molecule has 4 aliphatic rings. The van der Waals surface area contributed by atoms with Crippen molar-refractivity contribution < 1.29 is 78.4 Å². The summed E-state index contributed by atoms with van der Waals surface area (Å²) in [6, 6.07) is 8.48. The van der Waals surface area contributed by atoms with E-state index in [1.165, 1.54) is 0 Å². The van der Waals surface area contributed by atoms with Crippen LogP contribution in [0.25, 0.3) is 0 Å². The van der Waals surface area contributed by atoms with Crippen molar-refractivity contribution in [3.8, 4) is 0 Å². The van der Waals surface area contributed by atoms with Gasteiger partial charge in [0.1, 0.15) is 23.1 Å². The molecule has 8 heteroatoms. The monoisotopic (exact) mass is 697 g/mol. The van der Waals surface area contributed by atoms with Crippen LogP contribution >= 0.6 is 0 Å². The first kappa shape index (κ1) is 27.4. The summed E-state index contributed by atoms with van der Waals surface area (Å²) in [7, 11) is 0. The number of hydrogen-bond acceptors (Lipinski definition) is 7. The summed E-state index contributed by atoms with van der Waals surface area (Å²) in [5.74, 6) is -1.60. The number of hydrogen-bond donors (Lipinski definition) is 3. The predicted molar refractivity (Wildman–Crippen MR) is 123 cm³/mol. The quantitative estimate of drug-likeness (QED) is 0.322. The minimum Gasteiger partial charge on any atom is -0.455 e. The Morgan fingerprint density at radius 3 is 2.40 bits per heavy atom. The van der Waals surface area contributed by atoms with Gasteiger partial charge in [-0.3, -0.25) is 4.79 Å². The van der Waals surface area contributed by atoms with Crippen LogP contribution in [0.1, 0.15) is 63.7 Å². The first-order chi connectivity index (χ1) is 15.9. The maximum Gasteiger partial charge on any atom is 0.338 e.